The second-order valence-electron chi connectivity index (χ2n) is 4.87. The second-order valence-corrected chi connectivity index (χ2v) is 7.80. The van der Waals surface area contributed by atoms with Gasteiger partial charge in [0.25, 0.3) is 10.0 Å². The molecule has 2 aromatic carbocycles. The summed E-state index contributed by atoms with van der Waals surface area (Å²) in [6.07, 6.45) is 1.56. The maximum Gasteiger partial charge on any atom is 0.283 e. The van der Waals surface area contributed by atoms with Crippen molar-refractivity contribution in [3.05, 3.63) is 69.9 Å². The van der Waals surface area contributed by atoms with Gasteiger partial charge in [0, 0.05) is 5.56 Å². The number of hydrogen-bond acceptors (Lipinski definition) is 3. The molecule has 0 aliphatic carbocycles. The van der Waals surface area contributed by atoms with Crippen molar-refractivity contribution >= 4 is 32.6 Å². The summed E-state index contributed by atoms with van der Waals surface area (Å²) in [5.74, 6) is 0. The van der Waals surface area contributed by atoms with E-state index >= 15 is 0 Å². The van der Waals surface area contributed by atoms with Crippen LogP contribution in [0, 0.1) is 10.5 Å². The molecule has 22 heavy (non-hydrogen) atoms. The van der Waals surface area contributed by atoms with Gasteiger partial charge in [-0.25, -0.2) is 0 Å². The minimum Gasteiger partial charge on any atom is -0.199 e. The van der Waals surface area contributed by atoms with Crippen LogP contribution in [-0.4, -0.2) is 17.6 Å². The van der Waals surface area contributed by atoms with Gasteiger partial charge in [0.2, 0.25) is 0 Å². The third kappa shape index (κ3) is 2.68. The molecular weight excluding hydrogens is 411 g/mol. The Morgan fingerprint density at radius 1 is 1.00 bits per heavy atom. The van der Waals surface area contributed by atoms with Crippen molar-refractivity contribution in [2.45, 2.75) is 11.8 Å². The second kappa shape index (κ2) is 5.85. The molecule has 0 atom stereocenters. The minimum absolute atomic E-state index is 0.231. The summed E-state index contributed by atoms with van der Waals surface area (Å²) in [6, 6.07) is 16.2. The molecule has 6 heteroatoms. The van der Waals surface area contributed by atoms with E-state index < -0.39 is 10.0 Å². The van der Waals surface area contributed by atoms with Gasteiger partial charge in [-0.3, -0.25) is 0 Å². The molecule has 1 heterocycles. The Morgan fingerprint density at radius 3 is 2.27 bits per heavy atom. The molecule has 0 fully saturated rings. The van der Waals surface area contributed by atoms with Crippen molar-refractivity contribution in [1.29, 1.82) is 0 Å². The van der Waals surface area contributed by atoms with Gasteiger partial charge < -0.3 is 0 Å². The highest BCUT2D eigenvalue weighted by Gasteiger charge is 2.23. The molecule has 0 amide bonds. The van der Waals surface area contributed by atoms with E-state index in [0.29, 0.717) is 5.69 Å². The lowest BCUT2D eigenvalue weighted by Crippen LogP contribution is -2.16. The highest BCUT2D eigenvalue weighted by Crippen LogP contribution is 2.28. The van der Waals surface area contributed by atoms with Gasteiger partial charge in [0.1, 0.15) is 0 Å². The first-order chi connectivity index (χ1) is 10.5. The van der Waals surface area contributed by atoms with E-state index in [1.54, 1.807) is 30.5 Å². The first-order valence-electron chi connectivity index (χ1n) is 6.61. The zero-order valence-electron chi connectivity index (χ0n) is 11.8. The fourth-order valence-electron chi connectivity index (χ4n) is 2.15. The van der Waals surface area contributed by atoms with Crippen LogP contribution in [0.3, 0.4) is 0 Å². The Morgan fingerprint density at radius 2 is 1.64 bits per heavy atom. The summed E-state index contributed by atoms with van der Waals surface area (Å²) in [7, 11) is -3.71. The maximum absolute atomic E-state index is 12.8. The van der Waals surface area contributed by atoms with Crippen LogP contribution >= 0.6 is 22.6 Å². The summed E-state index contributed by atoms with van der Waals surface area (Å²) < 4.78 is 27.6. The molecule has 0 aliphatic heterocycles. The maximum atomic E-state index is 12.8. The summed E-state index contributed by atoms with van der Waals surface area (Å²) in [5, 5.41) is 4.08. The van der Waals surface area contributed by atoms with Gasteiger partial charge in [-0.15, -0.1) is 0 Å². The van der Waals surface area contributed by atoms with E-state index in [1.165, 1.54) is 0 Å². The molecule has 0 N–H and O–H groups in total. The molecule has 3 aromatic rings. The van der Waals surface area contributed by atoms with Gasteiger partial charge in [-0.2, -0.15) is 17.6 Å². The number of hydrogen-bond donors (Lipinski definition) is 0. The lowest BCUT2D eigenvalue weighted by molar-refractivity contribution is 0.581. The quantitative estimate of drug-likeness (QED) is 0.603. The first-order valence-corrected chi connectivity index (χ1v) is 9.13. The molecule has 0 aliphatic rings. The molecule has 1 aromatic heterocycles. The normalized spacial score (nSPS) is 11.5. The van der Waals surface area contributed by atoms with Crippen LogP contribution in [0.1, 0.15) is 5.56 Å². The smallest absolute Gasteiger partial charge is 0.199 e. The topological polar surface area (TPSA) is 52.0 Å². The van der Waals surface area contributed by atoms with Crippen LogP contribution in [0.25, 0.3) is 11.3 Å². The van der Waals surface area contributed by atoms with Gasteiger partial charge in [-0.05, 0) is 41.6 Å². The molecule has 4 nitrogen and oxygen atoms in total. The van der Waals surface area contributed by atoms with E-state index in [-0.39, 0.29) is 4.90 Å². The molecule has 0 bridgehead atoms. The summed E-state index contributed by atoms with van der Waals surface area (Å²) in [5.41, 5.74) is 2.42. The SMILES string of the molecule is Cc1ccc(S(=O)(=O)n2ncc(I)c2-c2ccccc2)cc1. The predicted octanol–water partition coefficient (Wildman–Crippen LogP) is 3.70. The Kier molecular flexibility index (Phi) is 4.05. The van der Waals surface area contributed by atoms with Crippen molar-refractivity contribution in [2.75, 3.05) is 0 Å². The van der Waals surface area contributed by atoms with Crippen molar-refractivity contribution in [3.63, 3.8) is 0 Å². The predicted molar refractivity (Wildman–Crippen MR) is 94.1 cm³/mol. The van der Waals surface area contributed by atoms with Crippen molar-refractivity contribution in [3.8, 4) is 11.3 Å². The number of aryl methyl sites for hydroxylation is 1. The number of aromatic nitrogens is 2. The Hall–Kier alpha value is -1.67. The van der Waals surface area contributed by atoms with Gasteiger partial charge in [0.15, 0.2) is 0 Å². The van der Waals surface area contributed by atoms with Crippen molar-refractivity contribution in [1.82, 2.24) is 9.19 Å². The molecule has 0 radical (unpaired) electrons. The molecule has 0 saturated heterocycles. The van der Waals surface area contributed by atoms with Crippen LogP contribution in [0.2, 0.25) is 0 Å². The highest BCUT2D eigenvalue weighted by molar-refractivity contribution is 14.1. The summed E-state index contributed by atoms with van der Waals surface area (Å²) >= 11 is 2.10. The van der Waals surface area contributed by atoms with Gasteiger partial charge >= 0.3 is 0 Å². The Bertz CT molecular complexity index is 901. The van der Waals surface area contributed by atoms with E-state index in [0.717, 1.165) is 18.8 Å². The van der Waals surface area contributed by atoms with E-state index in [2.05, 4.69) is 27.7 Å². The molecule has 0 saturated carbocycles. The number of halogens is 1. The molecule has 112 valence electrons. The molecule has 0 unspecified atom stereocenters. The average molecular weight is 424 g/mol. The number of nitrogens with zero attached hydrogens (tertiary/aromatic N) is 2. The third-order valence-electron chi connectivity index (χ3n) is 3.29. The van der Waals surface area contributed by atoms with Crippen LogP contribution in [0.15, 0.2) is 65.7 Å². The largest absolute Gasteiger partial charge is 0.283 e. The van der Waals surface area contributed by atoms with Crippen LogP contribution < -0.4 is 0 Å². The lowest BCUT2D eigenvalue weighted by Gasteiger charge is -2.09. The van der Waals surface area contributed by atoms with Crippen molar-refractivity contribution < 1.29 is 8.42 Å². The number of benzene rings is 2. The van der Waals surface area contributed by atoms with Crippen molar-refractivity contribution in [2.24, 2.45) is 0 Å². The lowest BCUT2D eigenvalue weighted by atomic mass is 10.2. The monoisotopic (exact) mass is 424 g/mol. The zero-order valence-corrected chi connectivity index (χ0v) is 14.7. The average Bonchev–Trinajstić information content (AvgIpc) is 2.91. The van der Waals surface area contributed by atoms with Crippen LogP contribution in [-0.2, 0) is 10.0 Å². The summed E-state index contributed by atoms with van der Waals surface area (Å²) in [6.45, 7) is 1.92. The minimum atomic E-state index is -3.71. The Balaban J connectivity index is 2.19. The number of rotatable bonds is 3. The van der Waals surface area contributed by atoms with E-state index in [1.807, 2.05) is 37.3 Å². The first kappa shape index (κ1) is 15.2. The van der Waals surface area contributed by atoms with Gasteiger partial charge in [-0.1, -0.05) is 48.0 Å². The van der Waals surface area contributed by atoms with Gasteiger partial charge in [0.05, 0.1) is 20.4 Å². The molecule has 3 rings (SSSR count). The standard InChI is InChI=1S/C16H13IN2O2S/c1-12-7-9-14(10-8-12)22(20,21)19-16(15(17)11-18-19)13-5-3-2-4-6-13/h2-11H,1H3. The summed E-state index contributed by atoms with van der Waals surface area (Å²) in [4.78, 5) is 0.231. The zero-order chi connectivity index (χ0) is 15.7. The van der Waals surface area contributed by atoms with E-state index in [4.69, 9.17) is 0 Å². The van der Waals surface area contributed by atoms with E-state index in [9.17, 15) is 8.42 Å². The molecule has 0 spiro atoms. The Labute approximate surface area is 143 Å². The van der Waals surface area contributed by atoms with Crippen LogP contribution in [0.4, 0.5) is 0 Å². The highest BCUT2D eigenvalue weighted by atomic mass is 127. The molecular formula is C16H13IN2O2S. The fraction of sp³-hybridized carbons (Fsp3) is 0.0625. The third-order valence-corrected chi connectivity index (χ3v) is 5.68. The fourth-order valence-corrected chi connectivity index (χ4v) is 4.27. The van der Waals surface area contributed by atoms with Crippen LogP contribution in [0.5, 0.6) is 0 Å².